The molecule has 0 spiro atoms. The van der Waals surface area contributed by atoms with E-state index in [9.17, 15) is 4.79 Å². The summed E-state index contributed by atoms with van der Waals surface area (Å²) in [5.41, 5.74) is 0. The van der Waals surface area contributed by atoms with Crippen molar-refractivity contribution in [1.29, 1.82) is 0 Å². The molecule has 1 amide bonds. The average molecular weight is 220 g/mol. The number of carbonyl (C=O) groups is 1. The lowest BCUT2D eigenvalue weighted by Gasteiger charge is -2.35. The number of rotatable bonds is 5. The molecule has 1 N–H and O–H groups in total. The minimum absolute atomic E-state index is 0.0555. The summed E-state index contributed by atoms with van der Waals surface area (Å²) < 4.78 is 5.40. The topological polar surface area (TPSA) is 38.3 Å². The molecule has 0 aromatic carbocycles. The number of hydrogen-bond acceptors (Lipinski definition) is 2. The molecule has 1 aliphatic rings. The van der Waals surface area contributed by atoms with Crippen LogP contribution in [0.15, 0.2) is 0 Å². The van der Waals surface area contributed by atoms with Gasteiger partial charge < -0.3 is 10.1 Å². The summed E-state index contributed by atoms with van der Waals surface area (Å²) in [5.74, 6) is 0.343. The van der Waals surface area contributed by atoms with Crippen molar-refractivity contribution in [1.82, 2.24) is 5.32 Å². The average Bonchev–Trinajstić information content (AvgIpc) is 2.13. The lowest BCUT2D eigenvalue weighted by Crippen LogP contribution is -2.49. The van der Waals surface area contributed by atoms with Crippen molar-refractivity contribution in [2.45, 2.75) is 38.8 Å². The van der Waals surface area contributed by atoms with Gasteiger partial charge in [-0.2, -0.15) is 0 Å². The van der Waals surface area contributed by atoms with E-state index in [1.807, 2.05) is 13.8 Å². The van der Waals surface area contributed by atoms with Crippen LogP contribution in [0.5, 0.6) is 0 Å². The van der Waals surface area contributed by atoms with Gasteiger partial charge in [0.05, 0.1) is 6.10 Å². The fourth-order valence-electron chi connectivity index (χ4n) is 1.47. The lowest BCUT2D eigenvalue weighted by atomic mass is 9.89. The van der Waals surface area contributed by atoms with Crippen LogP contribution in [-0.2, 0) is 9.53 Å². The third-order valence-electron chi connectivity index (χ3n) is 2.52. The molecule has 0 heterocycles. The van der Waals surface area contributed by atoms with Crippen LogP contribution in [0.3, 0.4) is 0 Å². The molecule has 0 aromatic heterocycles. The third kappa shape index (κ3) is 3.14. The molecule has 1 atom stereocenters. The van der Waals surface area contributed by atoms with Gasteiger partial charge in [-0.1, -0.05) is 6.92 Å². The number of amides is 1. The Hall–Kier alpha value is -0.280. The molecular weight excluding hydrogens is 202 g/mol. The summed E-state index contributed by atoms with van der Waals surface area (Å²) in [7, 11) is 0. The monoisotopic (exact) mass is 219 g/mol. The molecule has 0 radical (unpaired) electrons. The highest BCUT2D eigenvalue weighted by atomic mass is 35.5. The van der Waals surface area contributed by atoms with Gasteiger partial charge in [-0.3, -0.25) is 4.79 Å². The van der Waals surface area contributed by atoms with Crippen LogP contribution < -0.4 is 5.32 Å². The van der Waals surface area contributed by atoms with E-state index in [0.717, 1.165) is 19.4 Å². The van der Waals surface area contributed by atoms with Gasteiger partial charge >= 0.3 is 0 Å². The van der Waals surface area contributed by atoms with Crippen molar-refractivity contribution < 1.29 is 9.53 Å². The summed E-state index contributed by atoms with van der Waals surface area (Å²) >= 11 is 5.58. The van der Waals surface area contributed by atoms with Crippen LogP contribution in [0.1, 0.15) is 26.7 Å². The van der Waals surface area contributed by atoms with Gasteiger partial charge in [-0.15, -0.1) is 11.6 Å². The number of ether oxygens (including phenoxy) is 1. The van der Waals surface area contributed by atoms with E-state index < -0.39 is 0 Å². The fourth-order valence-corrected chi connectivity index (χ4v) is 1.61. The molecule has 0 aromatic rings. The largest absolute Gasteiger partial charge is 0.378 e. The fraction of sp³-hybridized carbons (Fsp3) is 0.900. The number of nitrogens with one attached hydrogen (secondary N) is 1. The first-order chi connectivity index (χ1) is 6.67. The number of alkyl halides is 1. The maximum absolute atomic E-state index is 11.4. The zero-order valence-electron chi connectivity index (χ0n) is 8.75. The van der Waals surface area contributed by atoms with Gasteiger partial charge in [0.2, 0.25) is 5.91 Å². The predicted molar refractivity (Wildman–Crippen MR) is 56.5 cm³/mol. The SMILES string of the molecule is CCOC1CC(NC(=O)C(C)CCl)C1. The van der Waals surface area contributed by atoms with Gasteiger partial charge in [-0.25, -0.2) is 0 Å². The Balaban J connectivity index is 2.13. The van der Waals surface area contributed by atoms with E-state index in [0.29, 0.717) is 18.0 Å². The summed E-state index contributed by atoms with van der Waals surface area (Å²) in [6, 6.07) is 0.296. The highest BCUT2D eigenvalue weighted by molar-refractivity contribution is 6.19. The van der Waals surface area contributed by atoms with Crippen LogP contribution in [0.25, 0.3) is 0 Å². The first-order valence-corrected chi connectivity index (χ1v) is 5.68. The highest BCUT2D eigenvalue weighted by Gasteiger charge is 2.31. The van der Waals surface area contributed by atoms with E-state index in [4.69, 9.17) is 16.3 Å². The summed E-state index contributed by atoms with van der Waals surface area (Å²) in [6.07, 6.45) is 2.22. The Morgan fingerprint density at radius 3 is 2.79 bits per heavy atom. The predicted octanol–water partition coefficient (Wildman–Crippen LogP) is 1.55. The van der Waals surface area contributed by atoms with Gasteiger partial charge in [0.25, 0.3) is 0 Å². The molecule has 1 rings (SSSR count). The van der Waals surface area contributed by atoms with Crippen molar-refractivity contribution in [3.05, 3.63) is 0 Å². The second-order valence-corrected chi connectivity index (χ2v) is 4.12. The molecule has 1 unspecified atom stereocenters. The van der Waals surface area contributed by atoms with Crippen LogP contribution in [-0.4, -0.2) is 30.5 Å². The Morgan fingerprint density at radius 2 is 2.29 bits per heavy atom. The Kier molecular flexibility index (Phi) is 4.69. The van der Waals surface area contributed by atoms with Crippen LogP contribution >= 0.6 is 11.6 Å². The summed E-state index contributed by atoms with van der Waals surface area (Å²) in [5, 5.41) is 2.95. The number of hydrogen-bond donors (Lipinski definition) is 1. The van der Waals surface area contributed by atoms with Crippen molar-refractivity contribution in [2.75, 3.05) is 12.5 Å². The smallest absolute Gasteiger partial charge is 0.224 e. The first kappa shape index (κ1) is 11.8. The Bertz CT molecular complexity index is 193. The molecule has 3 nitrogen and oxygen atoms in total. The molecule has 0 aliphatic heterocycles. The molecule has 1 saturated carbocycles. The highest BCUT2D eigenvalue weighted by Crippen LogP contribution is 2.23. The molecular formula is C10H18ClNO2. The van der Waals surface area contributed by atoms with Crippen molar-refractivity contribution >= 4 is 17.5 Å². The van der Waals surface area contributed by atoms with E-state index in [2.05, 4.69) is 5.32 Å². The minimum atomic E-state index is -0.0946. The molecule has 82 valence electrons. The van der Waals surface area contributed by atoms with Gasteiger partial charge in [0.15, 0.2) is 0 Å². The van der Waals surface area contributed by atoms with Crippen molar-refractivity contribution in [2.24, 2.45) is 5.92 Å². The number of halogens is 1. The maximum Gasteiger partial charge on any atom is 0.224 e. The summed E-state index contributed by atoms with van der Waals surface area (Å²) in [6.45, 7) is 4.58. The minimum Gasteiger partial charge on any atom is -0.378 e. The maximum atomic E-state index is 11.4. The van der Waals surface area contributed by atoms with Crippen molar-refractivity contribution in [3.63, 3.8) is 0 Å². The van der Waals surface area contributed by atoms with Crippen LogP contribution in [0.2, 0.25) is 0 Å². The van der Waals surface area contributed by atoms with Crippen LogP contribution in [0.4, 0.5) is 0 Å². The van der Waals surface area contributed by atoms with Gasteiger partial charge in [0.1, 0.15) is 0 Å². The zero-order valence-corrected chi connectivity index (χ0v) is 9.51. The molecule has 4 heteroatoms. The van der Waals surface area contributed by atoms with Crippen LogP contribution in [0, 0.1) is 5.92 Å². The quantitative estimate of drug-likeness (QED) is 0.713. The Morgan fingerprint density at radius 1 is 1.64 bits per heavy atom. The second kappa shape index (κ2) is 5.56. The van der Waals surface area contributed by atoms with Gasteiger partial charge in [0, 0.05) is 24.4 Å². The molecule has 1 aliphatic carbocycles. The Labute approximate surface area is 90.1 Å². The van der Waals surface area contributed by atoms with E-state index in [1.165, 1.54) is 0 Å². The number of carbonyl (C=O) groups excluding carboxylic acids is 1. The molecule has 0 bridgehead atoms. The van der Waals surface area contributed by atoms with E-state index in [1.54, 1.807) is 0 Å². The van der Waals surface area contributed by atoms with E-state index >= 15 is 0 Å². The normalized spacial score (nSPS) is 27.9. The standard InChI is InChI=1S/C10H18ClNO2/c1-3-14-9-4-8(5-9)12-10(13)7(2)6-11/h7-9H,3-6H2,1-2H3,(H,12,13). The molecule has 14 heavy (non-hydrogen) atoms. The van der Waals surface area contributed by atoms with Gasteiger partial charge in [-0.05, 0) is 19.8 Å². The van der Waals surface area contributed by atoms with Crippen molar-refractivity contribution in [3.8, 4) is 0 Å². The zero-order chi connectivity index (χ0) is 10.6. The second-order valence-electron chi connectivity index (χ2n) is 3.81. The lowest BCUT2D eigenvalue weighted by molar-refractivity contribution is -0.126. The third-order valence-corrected chi connectivity index (χ3v) is 2.99. The first-order valence-electron chi connectivity index (χ1n) is 5.15. The summed E-state index contributed by atoms with van der Waals surface area (Å²) in [4.78, 5) is 11.4. The molecule has 0 saturated heterocycles. The van der Waals surface area contributed by atoms with E-state index in [-0.39, 0.29) is 11.8 Å². The molecule has 1 fully saturated rings.